The van der Waals surface area contributed by atoms with Gasteiger partial charge in [-0.15, -0.1) is 0 Å². The normalized spacial score (nSPS) is 15.8. The molecular formula is C22H20N4. The monoisotopic (exact) mass is 340 g/mol. The number of rotatable bonds is 3. The Morgan fingerprint density at radius 2 is 1.96 bits per heavy atom. The van der Waals surface area contributed by atoms with Crippen LogP contribution in [0.2, 0.25) is 0 Å². The molecule has 1 aromatic heterocycles. The summed E-state index contributed by atoms with van der Waals surface area (Å²) in [6, 6.07) is 20.6. The zero-order valence-electron chi connectivity index (χ0n) is 14.7. The highest BCUT2D eigenvalue weighted by molar-refractivity contribution is 5.64. The van der Waals surface area contributed by atoms with E-state index in [2.05, 4.69) is 45.6 Å². The number of aryl methyl sites for hydroxylation is 2. The first kappa shape index (κ1) is 16.3. The lowest BCUT2D eigenvalue weighted by Gasteiger charge is -2.27. The van der Waals surface area contributed by atoms with Gasteiger partial charge in [0, 0.05) is 11.6 Å². The van der Waals surface area contributed by atoms with Gasteiger partial charge in [-0.25, -0.2) is 9.97 Å². The summed E-state index contributed by atoms with van der Waals surface area (Å²) < 4.78 is 0. The third-order valence-electron chi connectivity index (χ3n) is 4.82. The maximum absolute atomic E-state index is 9.13. The van der Waals surface area contributed by atoms with Gasteiger partial charge in [0.15, 0.2) is 0 Å². The van der Waals surface area contributed by atoms with E-state index in [4.69, 9.17) is 5.26 Å². The second-order valence-electron chi connectivity index (χ2n) is 6.67. The molecule has 1 N–H and O–H groups in total. The van der Waals surface area contributed by atoms with Gasteiger partial charge in [-0.2, -0.15) is 5.26 Å². The van der Waals surface area contributed by atoms with Crippen LogP contribution in [0.1, 0.15) is 41.4 Å². The topological polar surface area (TPSA) is 61.6 Å². The number of aromatic nitrogens is 2. The Morgan fingerprint density at radius 3 is 2.85 bits per heavy atom. The van der Waals surface area contributed by atoms with Crippen molar-refractivity contribution in [2.24, 2.45) is 0 Å². The van der Waals surface area contributed by atoms with E-state index >= 15 is 0 Å². The molecule has 1 aliphatic carbocycles. The standard InChI is InChI=1S/C22H20N4/c1-15-24-21(18-9-4-6-16(12-18)14-23)13-22(25-15)26-20-11-5-8-17-7-2-3-10-19(17)20/h2-4,6-7,9-10,12-13,20H,5,8,11H2,1H3,(H,24,25,26)/t20-/m1/s1. The average Bonchev–Trinajstić information content (AvgIpc) is 2.68. The number of hydrogen-bond acceptors (Lipinski definition) is 4. The molecule has 2 aromatic carbocycles. The summed E-state index contributed by atoms with van der Waals surface area (Å²) in [6.07, 6.45) is 3.42. The molecule has 26 heavy (non-hydrogen) atoms. The van der Waals surface area contributed by atoms with Crippen LogP contribution < -0.4 is 5.32 Å². The van der Waals surface area contributed by atoms with Crippen molar-refractivity contribution in [3.05, 3.63) is 77.1 Å². The van der Waals surface area contributed by atoms with Crippen molar-refractivity contribution in [3.63, 3.8) is 0 Å². The summed E-state index contributed by atoms with van der Waals surface area (Å²) in [7, 11) is 0. The molecule has 4 rings (SSSR count). The molecule has 1 atom stereocenters. The highest BCUT2D eigenvalue weighted by atomic mass is 15.0. The van der Waals surface area contributed by atoms with Gasteiger partial charge in [0.25, 0.3) is 0 Å². The third-order valence-corrected chi connectivity index (χ3v) is 4.82. The van der Waals surface area contributed by atoms with Gasteiger partial charge in [0.2, 0.25) is 0 Å². The van der Waals surface area contributed by atoms with Crippen LogP contribution in [0, 0.1) is 18.3 Å². The molecule has 0 saturated carbocycles. The minimum Gasteiger partial charge on any atom is -0.363 e. The molecule has 4 nitrogen and oxygen atoms in total. The van der Waals surface area contributed by atoms with Crippen LogP contribution in [-0.4, -0.2) is 9.97 Å². The zero-order valence-corrected chi connectivity index (χ0v) is 14.7. The SMILES string of the molecule is Cc1nc(N[C@@H]2CCCc3ccccc32)cc(-c2cccc(C#N)c2)n1. The lowest BCUT2D eigenvalue weighted by molar-refractivity contribution is 0.598. The number of fused-ring (bicyclic) bond motifs is 1. The largest absolute Gasteiger partial charge is 0.363 e. The summed E-state index contributed by atoms with van der Waals surface area (Å²) in [5, 5.41) is 12.7. The van der Waals surface area contributed by atoms with E-state index in [1.165, 1.54) is 17.5 Å². The lowest BCUT2D eigenvalue weighted by atomic mass is 9.88. The second kappa shape index (κ2) is 6.97. The third kappa shape index (κ3) is 3.29. The van der Waals surface area contributed by atoms with Crippen molar-refractivity contribution >= 4 is 5.82 Å². The fourth-order valence-corrected chi connectivity index (χ4v) is 3.62. The molecule has 0 unspecified atom stereocenters. The first-order valence-corrected chi connectivity index (χ1v) is 8.93. The van der Waals surface area contributed by atoms with Gasteiger partial charge in [-0.3, -0.25) is 0 Å². The molecule has 0 fully saturated rings. The van der Waals surface area contributed by atoms with Crippen molar-refractivity contribution in [1.82, 2.24) is 9.97 Å². The maximum Gasteiger partial charge on any atom is 0.130 e. The van der Waals surface area contributed by atoms with E-state index < -0.39 is 0 Å². The molecule has 3 aromatic rings. The predicted molar refractivity (Wildman–Crippen MR) is 103 cm³/mol. The number of nitrogens with zero attached hydrogens (tertiary/aromatic N) is 3. The van der Waals surface area contributed by atoms with Crippen LogP contribution in [-0.2, 0) is 6.42 Å². The molecule has 0 spiro atoms. The Balaban J connectivity index is 1.66. The van der Waals surface area contributed by atoms with Crippen molar-refractivity contribution in [2.45, 2.75) is 32.2 Å². The van der Waals surface area contributed by atoms with Crippen molar-refractivity contribution in [1.29, 1.82) is 5.26 Å². The van der Waals surface area contributed by atoms with Crippen molar-refractivity contribution in [3.8, 4) is 17.3 Å². The number of nitriles is 1. The predicted octanol–water partition coefficient (Wildman–Crippen LogP) is 4.81. The van der Waals surface area contributed by atoms with E-state index in [1.807, 2.05) is 31.2 Å². The summed E-state index contributed by atoms with van der Waals surface area (Å²) in [5.41, 5.74) is 5.18. The van der Waals surface area contributed by atoms with Crippen molar-refractivity contribution < 1.29 is 0 Å². The van der Waals surface area contributed by atoms with Crippen LogP contribution >= 0.6 is 0 Å². The number of anilines is 1. The van der Waals surface area contributed by atoms with Gasteiger partial charge in [0.1, 0.15) is 11.6 Å². The highest BCUT2D eigenvalue weighted by Crippen LogP contribution is 2.32. The molecule has 0 aliphatic heterocycles. The minimum atomic E-state index is 0.271. The van der Waals surface area contributed by atoms with Gasteiger partial charge in [0.05, 0.1) is 23.4 Å². The van der Waals surface area contributed by atoms with Crippen LogP contribution in [0.4, 0.5) is 5.82 Å². The maximum atomic E-state index is 9.13. The lowest BCUT2D eigenvalue weighted by Crippen LogP contribution is -2.18. The first-order chi connectivity index (χ1) is 12.7. The quantitative estimate of drug-likeness (QED) is 0.743. The Hall–Kier alpha value is -3.19. The summed E-state index contributed by atoms with van der Waals surface area (Å²) in [4.78, 5) is 9.14. The average molecular weight is 340 g/mol. The fraction of sp³-hybridized carbons (Fsp3) is 0.227. The summed E-state index contributed by atoms with van der Waals surface area (Å²) >= 11 is 0. The molecule has 0 saturated heterocycles. The van der Waals surface area contributed by atoms with Crippen LogP contribution in [0.5, 0.6) is 0 Å². The van der Waals surface area contributed by atoms with Crippen LogP contribution in [0.25, 0.3) is 11.3 Å². The van der Waals surface area contributed by atoms with Gasteiger partial charge < -0.3 is 5.32 Å². The molecule has 0 amide bonds. The molecular weight excluding hydrogens is 320 g/mol. The Bertz CT molecular complexity index is 987. The number of hydrogen-bond donors (Lipinski definition) is 1. The summed E-state index contributed by atoms with van der Waals surface area (Å²) in [5.74, 6) is 1.55. The van der Waals surface area contributed by atoms with E-state index in [0.29, 0.717) is 5.56 Å². The van der Waals surface area contributed by atoms with E-state index in [0.717, 1.165) is 35.7 Å². The number of nitrogens with one attached hydrogen (secondary N) is 1. The number of benzene rings is 2. The molecule has 128 valence electrons. The smallest absolute Gasteiger partial charge is 0.130 e. The van der Waals surface area contributed by atoms with Gasteiger partial charge in [-0.1, -0.05) is 36.4 Å². The molecule has 1 aliphatic rings. The molecule has 0 radical (unpaired) electrons. The Kier molecular flexibility index (Phi) is 4.37. The second-order valence-corrected chi connectivity index (χ2v) is 6.67. The van der Waals surface area contributed by atoms with Crippen molar-refractivity contribution in [2.75, 3.05) is 5.32 Å². The minimum absolute atomic E-state index is 0.271. The van der Waals surface area contributed by atoms with E-state index in [-0.39, 0.29) is 6.04 Å². The summed E-state index contributed by atoms with van der Waals surface area (Å²) in [6.45, 7) is 1.90. The molecule has 1 heterocycles. The molecule has 0 bridgehead atoms. The van der Waals surface area contributed by atoms with E-state index in [9.17, 15) is 0 Å². The zero-order chi connectivity index (χ0) is 17.9. The first-order valence-electron chi connectivity index (χ1n) is 8.93. The van der Waals surface area contributed by atoms with Gasteiger partial charge in [-0.05, 0) is 49.4 Å². The Morgan fingerprint density at radius 1 is 1.08 bits per heavy atom. The van der Waals surface area contributed by atoms with Crippen LogP contribution in [0.3, 0.4) is 0 Å². The molecule has 4 heteroatoms. The van der Waals surface area contributed by atoms with Gasteiger partial charge >= 0.3 is 0 Å². The van der Waals surface area contributed by atoms with E-state index in [1.54, 1.807) is 6.07 Å². The van der Waals surface area contributed by atoms with Crippen LogP contribution in [0.15, 0.2) is 54.6 Å². The highest BCUT2D eigenvalue weighted by Gasteiger charge is 2.20. The fourth-order valence-electron chi connectivity index (χ4n) is 3.62. The Labute approximate surface area is 153 Å².